The molecule has 3 amide bonds. The average Bonchev–Trinajstić information content (AvgIpc) is 3.30. The van der Waals surface area contributed by atoms with E-state index in [1.54, 1.807) is 12.0 Å². The summed E-state index contributed by atoms with van der Waals surface area (Å²) >= 11 is 0. The van der Waals surface area contributed by atoms with Gasteiger partial charge in [-0.3, -0.25) is 14.4 Å². The Morgan fingerprint density at radius 1 is 1.16 bits per heavy atom. The fraction of sp³-hybridized carbons (Fsp3) is 0.679. The molecule has 2 saturated heterocycles. The van der Waals surface area contributed by atoms with Crippen LogP contribution in [-0.4, -0.2) is 85.5 Å². The molecule has 5 atom stereocenters. The number of hydrogen-bond acceptors (Lipinski definition) is 6. The zero-order valence-electron chi connectivity index (χ0n) is 22.9. The third-order valence-electron chi connectivity index (χ3n) is 8.04. The molecule has 206 valence electrons. The first-order chi connectivity index (χ1) is 17.8. The van der Waals surface area contributed by atoms with Gasteiger partial charge in [-0.15, -0.1) is 0 Å². The van der Waals surface area contributed by atoms with E-state index in [1.807, 2.05) is 31.2 Å². The summed E-state index contributed by atoms with van der Waals surface area (Å²) in [5.74, 6) is 0.248. The number of rotatable bonds is 12. The topological polar surface area (TPSA) is 117 Å². The standard InChI is InChI=1S/C28H45N5O4/c1-5-23(29)26(34)31-25-20(16-18-32(3)6-2)9-10-21-11-14-24(33(21)28(25)36)27(35)30-17-15-19-7-12-22(37-4)13-8-19/h7-8,12-13,20-21,23-25H,5-6,9-11,14-18,29H2,1-4H3,(H,30,35)(H,31,34)/t20-,21?,23+,24+,25+/m1/s1. The van der Waals surface area contributed by atoms with Crippen LogP contribution < -0.4 is 21.1 Å². The largest absolute Gasteiger partial charge is 0.497 e. The molecular formula is C28H45N5O4. The van der Waals surface area contributed by atoms with Gasteiger partial charge in [0.15, 0.2) is 0 Å². The monoisotopic (exact) mass is 515 g/mol. The maximum Gasteiger partial charge on any atom is 0.246 e. The summed E-state index contributed by atoms with van der Waals surface area (Å²) in [6.07, 6.45) is 5.13. The van der Waals surface area contributed by atoms with Gasteiger partial charge in [0.05, 0.1) is 13.2 Å². The zero-order chi connectivity index (χ0) is 26.9. The van der Waals surface area contributed by atoms with Crippen LogP contribution in [0.5, 0.6) is 5.75 Å². The summed E-state index contributed by atoms with van der Waals surface area (Å²) in [6.45, 7) is 6.22. The van der Waals surface area contributed by atoms with E-state index >= 15 is 0 Å². The van der Waals surface area contributed by atoms with Gasteiger partial charge in [-0.1, -0.05) is 26.0 Å². The molecule has 2 aliphatic heterocycles. The first-order valence-corrected chi connectivity index (χ1v) is 13.8. The predicted octanol–water partition coefficient (Wildman–Crippen LogP) is 1.69. The van der Waals surface area contributed by atoms with Crippen LogP contribution in [0.4, 0.5) is 0 Å². The van der Waals surface area contributed by atoms with E-state index in [9.17, 15) is 14.4 Å². The van der Waals surface area contributed by atoms with Crippen molar-refractivity contribution in [3.8, 4) is 5.75 Å². The van der Waals surface area contributed by atoms with Gasteiger partial charge in [-0.25, -0.2) is 0 Å². The number of ether oxygens (including phenoxy) is 1. The molecule has 9 heteroatoms. The lowest BCUT2D eigenvalue weighted by Crippen LogP contribution is -2.58. The highest BCUT2D eigenvalue weighted by molar-refractivity contribution is 5.94. The Morgan fingerprint density at radius 2 is 1.86 bits per heavy atom. The van der Waals surface area contributed by atoms with E-state index in [4.69, 9.17) is 10.5 Å². The number of hydrogen-bond donors (Lipinski definition) is 3. The molecular weight excluding hydrogens is 470 g/mol. The lowest BCUT2D eigenvalue weighted by Gasteiger charge is -2.33. The normalized spacial score (nSPS) is 24.4. The fourth-order valence-electron chi connectivity index (χ4n) is 5.41. The SMILES string of the molecule is CC[C@H](N)C(=O)N[C@@H]1C(=O)N2C(CC[C@@H]1CCN(C)CC)CC[C@H]2C(=O)NCCc1ccc(OC)cc1. The van der Waals surface area contributed by atoms with Gasteiger partial charge in [0, 0.05) is 12.6 Å². The van der Waals surface area contributed by atoms with E-state index in [-0.39, 0.29) is 29.7 Å². The molecule has 9 nitrogen and oxygen atoms in total. The van der Waals surface area contributed by atoms with Crippen molar-refractivity contribution >= 4 is 17.7 Å². The number of nitrogens with zero attached hydrogens (tertiary/aromatic N) is 2. The Bertz CT molecular complexity index is 908. The first-order valence-electron chi connectivity index (χ1n) is 13.8. The van der Waals surface area contributed by atoms with E-state index in [0.717, 1.165) is 50.1 Å². The van der Waals surface area contributed by atoms with Crippen molar-refractivity contribution in [3.05, 3.63) is 29.8 Å². The molecule has 0 aromatic heterocycles. The van der Waals surface area contributed by atoms with Crippen LogP contribution in [0.3, 0.4) is 0 Å². The minimum atomic E-state index is -0.659. The number of carbonyl (C=O) groups excluding carboxylic acids is 3. The third kappa shape index (κ3) is 7.45. The molecule has 1 aromatic carbocycles. The van der Waals surface area contributed by atoms with Crippen molar-refractivity contribution in [2.45, 2.75) is 83.0 Å². The molecule has 0 aliphatic carbocycles. The molecule has 2 aliphatic rings. The highest BCUT2D eigenvalue weighted by Gasteiger charge is 2.47. The smallest absolute Gasteiger partial charge is 0.246 e. The summed E-state index contributed by atoms with van der Waals surface area (Å²) in [6, 6.07) is 5.99. The molecule has 3 rings (SSSR count). The van der Waals surface area contributed by atoms with E-state index in [1.165, 1.54) is 0 Å². The zero-order valence-corrected chi connectivity index (χ0v) is 22.9. The Hall–Kier alpha value is -2.65. The second-order valence-corrected chi connectivity index (χ2v) is 10.4. The predicted molar refractivity (Wildman–Crippen MR) is 144 cm³/mol. The van der Waals surface area contributed by atoms with Crippen LogP contribution in [-0.2, 0) is 20.8 Å². The van der Waals surface area contributed by atoms with Gasteiger partial charge < -0.3 is 30.9 Å². The Morgan fingerprint density at radius 3 is 2.51 bits per heavy atom. The summed E-state index contributed by atoms with van der Waals surface area (Å²) in [5, 5.41) is 6.02. The number of amides is 3. The van der Waals surface area contributed by atoms with Crippen LogP contribution in [0.25, 0.3) is 0 Å². The molecule has 0 saturated carbocycles. The number of fused-ring (bicyclic) bond motifs is 1. The van der Waals surface area contributed by atoms with Crippen molar-refractivity contribution in [1.82, 2.24) is 20.4 Å². The van der Waals surface area contributed by atoms with E-state index in [0.29, 0.717) is 25.8 Å². The highest BCUT2D eigenvalue weighted by atomic mass is 16.5. The molecule has 0 radical (unpaired) electrons. The second kappa shape index (κ2) is 13.8. The Balaban J connectivity index is 1.69. The minimum absolute atomic E-state index is 0.0129. The van der Waals surface area contributed by atoms with Crippen LogP contribution in [0.15, 0.2) is 24.3 Å². The summed E-state index contributed by atoms with van der Waals surface area (Å²) in [7, 11) is 3.69. The first kappa shape index (κ1) is 28.9. The van der Waals surface area contributed by atoms with Crippen LogP contribution in [0.2, 0.25) is 0 Å². The average molecular weight is 516 g/mol. The van der Waals surface area contributed by atoms with Gasteiger partial charge in [-0.05, 0) is 88.7 Å². The number of methoxy groups -OCH3 is 1. The van der Waals surface area contributed by atoms with Crippen molar-refractivity contribution in [2.75, 3.05) is 33.8 Å². The summed E-state index contributed by atoms with van der Waals surface area (Å²) < 4.78 is 5.20. The Kier molecular flexibility index (Phi) is 10.8. The maximum absolute atomic E-state index is 13.9. The van der Waals surface area contributed by atoms with Crippen molar-refractivity contribution in [3.63, 3.8) is 0 Å². The van der Waals surface area contributed by atoms with Crippen molar-refractivity contribution in [2.24, 2.45) is 11.7 Å². The van der Waals surface area contributed by atoms with Crippen molar-refractivity contribution in [1.29, 1.82) is 0 Å². The molecule has 1 unspecified atom stereocenters. The molecule has 37 heavy (non-hydrogen) atoms. The molecule has 2 fully saturated rings. The maximum atomic E-state index is 13.9. The lowest BCUT2D eigenvalue weighted by molar-refractivity contribution is -0.143. The van der Waals surface area contributed by atoms with Crippen LogP contribution in [0, 0.1) is 5.92 Å². The lowest BCUT2D eigenvalue weighted by atomic mass is 9.90. The second-order valence-electron chi connectivity index (χ2n) is 10.4. The highest BCUT2D eigenvalue weighted by Crippen LogP contribution is 2.35. The van der Waals surface area contributed by atoms with Gasteiger partial charge in [-0.2, -0.15) is 0 Å². The van der Waals surface area contributed by atoms with Crippen LogP contribution in [0.1, 0.15) is 57.9 Å². The number of nitrogens with one attached hydrogen (secondary N) is 2. The van der Waals surface area contributed by atoms with Gasteiger partial charge in [0.2, 0.25) is 17.7 Å². The van der Waals surface area contributed by atoms with Crippen molar-refractivity contribution < 1.29 is 19.1 Å². The number of nitrogens with two attached hydrogens (primary N) is 1. The van der Waals surface area contributed by atoms with Crippen LogP contribution >= 0.6 is 0 Å². The third-order valence-corrected chi connectivity index (χ3v) is 8.04. The minimum Gasteiger partial charge on any atom is -0.497 e. The summed E-state index contributed by atoms with van der Waals surface area (Å²) in [4.78, 5) is 43.9. The van der Waals surface area contributed by atoms with Gasteiger partial charge in [0.25, 0.3) is 0 Å². The fourth-order valence-corrected chi connectivity index (χ4v) is 5.41. The van der Waals surface area contributed by atoms with Gasteiger partial charge >= 0.3 is 0 Å². The molecule has 1 aromatic rings. The number of carbonyl (C=O) groups is 3. The number of benzene rings is 1. The molecule has 0 spiro atoms. The van der Waals surface area contributed by atoms with Gasteiger partial charge in [0.1, 0.15) is 17.8 Å². The summed E-state index contributed by atoms with van der Waals surface area (Å²) in [5.41, 5.74) is 7.10. The quantitative estimate of drug-likeness (QED) is 0.390. The molecule has 0 bridgehead atoms. The Labute approximate surface area is 221 Å². The molecule has 2 heterocycles. The molecule has 4 N–H and O–H groups in total. The van der Waals surface area contributed by atoms with E-state index in [2.05, 4.69) is 29.5 Å². The van der Waals surface area contributed by atoms with E-state index < -0.39 is 18.1 Å².